The van der Waals surface area contributed by atoms with Crippen LogP contribution in [0.2, 0.25) is 5.02 Å². The molecule has 0 spiro atoms. The number of aryl methyl sites for hydroxylation is 1. The van der Waals surface area contributed by atoms with Crippen LogP contribution in [0.25, 0.3) is 0 Å². The lowest BCUT2D eigenvalue weighted by Crippen LogP contribution is -2.49. The molecule has 154 valence electrons. The first-order chi connectivity index (χ1) is 14.1. The van der Waals surface area contributed by atoms with E-state index < -0.39 is 0 Å². The molecule has 2 aliphatic heterocycles. The number of nitrogens with zero attached hydrogens (tertiary/aromatic N) is 5. The number of piperazine rings is 1. The van der Waals surface area contributed by atoms with Crippen LogP contribution in [0.3, 0.4) is 0 Å². The van der Waals surface area contributed by atoms with Crippen molar-refractivity contribution in [1.29, 1.82) is 0 Å². The number of piperidine rings is 1. The van der Waals surface area contributed by atoms with Gasteiger partial charge in [-0.15, -0.1) is 0 Å². The van der Waals surface area contributed by atoms with E-state index in [1.165, 1.54) is 19.3 Å². The summed E-state index contributed by atoms with van der Waals surface area (Å²) in [5.41, 5.74) is 1.99. The van der Waals surface area contributed by atoms with E-state index in [9.17, 15) is 4.79 Å². The molecule has 2 saturated heterocycles. The lowest BCUT2D eigenvalue weighted by Gasteiger charge is -2.35. The summed E-state index contributed by atoms with van der Waals surface area (Å²) in [5, 5.41) is 0.692. The van der Waals surface area contributed by atoms with Crippen LogP contribution >= 0.6 is 11.6 Å². The molecule has 0 radical (unpaired) electrons. The van der Waals surface area contributed by atoms with Gasteiger partial charge in [-0.2, -0.15) is 4.98 Å². The Kier molecular flexibility index (Phi) is 6.19. The van der Waals surface area contributed by atoms with E-state index in [0.29, 0.717) is 24.5 Å². The van der Waals surface area contributed by atoms with Crippen molar-refractivity contribution in [1.82, 2.24) is 14.9 Å². The van der Waals surface area contributed by atoms with Crippen LogP contribution in [0, 0.1) is 6.92 Å². The van der Waals surface area contributed by atoms with Gasteiger partial charge in [-0.3, -0.25) is 4.79 Å². The topological polar surface area (TPSA) is 52.6 Å². The molecule has 1 aromatic carbocycles. The number of aromatic nitrogens is 2. The highest BCUT2D eigenvalue weighted by atomic mass is 35.5. The molecule has 2 fully saturated rings. The minimum absolute atomic E-state index is 0.158. The number of rotatable bonds is 4. The maximum absolute atomic E-state index is 12.6. The van der Waals surface area contributed by atoms with Crippen LogP contribution < -0.4 is 9.80 Å². The summed E-state index contributed by atoms with van der Waals surface area (Å²) in [5.74, 6) is 1.98. The van der Waals surface area contributed by atoms with Gasteiger partial charge in [0.05, 0.1) is 6.42 Å². The smallest absolute Gasteiger partial charge is 0.227 e. The van der Waals surface area contributed by atoms with E-state index >= 15 is 0 Å². The average Bonchev–Trinajstić information content (AvgIpc) is 2.75. The van der Waals surface area contributed by atoms with Crippen LogP contribution in [-0.2, 0) is 11.2 Å². The number of benzene rings is 1. The molecule has 0 unspecified atom stereocenters. The van der Waals surface area contributed by atoms with Crippen molar-refractivity contribution in [2.75, 3.05) is 49.1 Å². The van der Waals surface area contributed by atoms with Crippen molar-refractivity contribution in [3.63, 3.8) is 0 Å². The Labute approximate surface area is 177 Å². The number of carbonyl (C=O) groups excluding carboxylic acids is 1. The Balaban J connectivity index is 1.37. The summed E-state index contributed by atoms with van der Waals surface area (Å²) >= 11 is 5.93. The predicted molar refractivity (Wildman–Crippen MR) is 117 cm³/mol. The van der Waals surface area contributed by atoms with Crippen LogP contribution in [0.5, 0.6) is 0 Å². The van der Waals surface area contributed by atoms with Gasteiger partial charge in [-0.05, 0) is 43.9 Å². The van der Waals surface area contributed by atoms with Gasteiger partial charge in [0.25, 0.3) is 0 Å². The molecular formula is C22H28ClN5O. The number of carbonyl (C=O) groups is 1. The SMILES string of the molecule is Cc1cc(N2CCCCC2)nc(N2CCN(C(=O)Cc3ccc(Cl)cc3)CC2)n1. The van der Waals surface area contributed by atoms with Gasteiger partial charge in [0, 0.05) is 56.1 Å². The fourth-order valence-electron chi connectivity index (χ4n) is 4.01. The zero-order chi connectivity index (χ0) is 20.2. The molecule has 2 aromatic rings. The Morgan fingerprint density at radius 1 is 0.931 bits per heavy atom. The molecule has 1 aromatic heterocycles. The second kappa shape index (κ2) is 8.99. The van der Waals surface area contributed by atoms with Crippen molar-refractivity contribution >= 4 is 29.3 Å². The maximum atomic E-state index is 12.6. The summed E-state index contributed by atoms with van der Waals surface area (Å²) in [4.78, 5) is 28.7. The van der Waals surface area contributed by atoms with E-state index in [-0.39, 0.29) is 5.91 Å². The minimum atomic E-state index is 0.158. The van der Waals surface area contributed by atoms with Gasteiger partial charge in [-0.1, -0.05) is 23.7 Å². The van der Waals surface area contributed by atoms with Gasteiger partial charge >= 0.3 is 0 Å². The molecule has 0 bridgehead atoms. The zero-order valence-electron chi connectivity index (χ0n) is 17.0. The summed E-state index contributed by atoms with van der Waals surface area (Å²) in [6.07, 6.45) is 4.18. The largest absolute Gasteiger partial charge is 0.356 e. The molecule has 7 heteroatoms. The van der Waals surface area contributed by atoms with Crippen LogP contribution in [-0.4, -0.2) is 60.0 Å². The average molecular weight is 414 g/mol. The predicted octanol–water partition coefficient (Wildman–Crippen LogP) is 3.32. The summed E-state index contributed by atoms with van der Waals surface area (Å²) in [6, 6.07) is 9.58. The Morgan fingerprint density at radius 2 is 1.62 bits per heavy atom. The number of anilines is 2. The second-order valence-electron chi connectivity index (χ2n) is 7.89. The number of hydrogen-bond donors (Lipinski definition) is 0. The molecular weight excluding hydrogens is 386 g/mol. The van der Waals surface area contributed by atoms with Crippen molar-refractivity contribution in [3.05, 3.63) is 46.6 Å². The van der Waals surface area contributed by atoms with Gasteiger partial charge in [0.15, 0.2) is 0 Å². The van der Waals surface area contributed by atoms with Gasteiger partial charge < -0.3 is 14.7 Å². The van der Waals surface area contributed by atoms with E-state index in [1.807, 2.05) is 36.1 Å². The van der Waals surface area contributed by atoms with Crippen molar-refractivity contribution in [3.8, 4) is 0 Å². The highest BCUT2D eigenvalue weighted by molar-refractivity contribution is 6.30. The first-order valence-electron chi connectivity index (χ1n) is 10.5. The minimum Gasteiger partial charge on any atom is -0.356 e. The summed E-state index contributed by atoms with van der Waals surface area (Å²) < 4.78 is 0. The fraction of sp³-hybridized carbons (Fsp3) is 0.500. The molecule has 4 rings (SSSR count). The summed E-state index contributed by atoms with van der Waals surface area (Å²) in [7, 11) is 0. The lowest BCUT2D eigenvalue weighted by molar-refractivity contribution is -0.130. The Hall–Kier alpha value is -2.34. The molecule has 6 nitrogen and oxygen atoms in total. The molecule has 1 amide bonds. The molecule has 0 aliphatic carbocycles. The first kappa shape index (κ1) is 20.0. The Bertz CT molecular complexity index is 843. The van der Waals surface area contributed by atoms with Crippen molar-refractivity contribution < 1.29 is 4.79 Å². The van der Waals surface area contributed by atoms with E-state index in [0.717, 1.165) is 49.2 Å². The quantitative estimate of drug-likeness (QED) is 0.769. The number of hydrogen-bond acceptors (Lipinski definition) is 5. The highest BCUT2D eigenvalue weighted by Gasteiger charge is 2.24. The van der Waals surface area contributed by atoms with Gasteiger partial charge in [0.2, 0.25) is 11.9 Å². The van der Waals surface area contributed by atoms with Crippen molar-refractivity contribution in [2.24, 2.45) is 0 Å². The van der Waals surface area contributed by atoms with Gasteiger partial charge in [0.1, 0.15) is 5.82 Å². The van der Waals surface area contributed by atoms with E-state index in [1.54, 1.807) is 0 Å². The highest BCUT2D eigenvalue weighted by Crippen LogP contribution is 2.22. The first-order valence-corrected chi connectivity index (χ1v) is 10.8. The fourth-order valence-corrected chi connectivity index (χ4v) is 4.13. The van der Waals surface area contributed by atoms with Crippen LogP contribution in [0.4, 0.5) is 11.8 Å². The normalized spacial score (nSPS) is 17.5. The van der Waals surface area contributed by atoms with E-state index in [4.69, 9.17) is 16.6 Å². The lowest BCUT2D eigenvalue weighted by atomic mass is 10.1. The molecule has 2 aliphatic rings. The Morgan fingerprint density at radius 3 is 2.31 bits per heavy atom. The molecule has 0 N–H and O–H groups in total. The second-order valence-corrected chi connectivity index (χ2v) is 8.32. The molecule has 3 heterocycles. The summed E-state index contributed by atoms with van der Waals surface area (Å²) in [6.45, 7) is 7.09. The third-order valence-electron chi connectivity index (χ3n) is 5.69. The number of halogens is 1. The zero-order valence-corrected chi connectivity index (χ0v) is 17.7. The monoisotopic (exact) mass is 413 g/mol. The third-order valence-corrected chi connectivity index (χ3v) is 5.94. The van der Waals surface area contributed by atoms with Gasteiger partial charge in [-0.25, -0.2) is 4.98 Å². The maximum Gasteiger partial charge on any atom is 0.227 e. The molecule has 29 heavy (non-hydrogen) atoms. The van der Waals surface area contributed by atoms with Crippen molar-refractivity contribution in [2.45, 2.75) is 32.6 Å². The van der Waals surface area contributed by atoms with Crippen LogP contribution in [0.15, 0.2) is 30.3 Å². The third kappa shape index (κ3) is 4.99. The molecule has 0 saturated carbocycles. The van der Waals surface area contributed by atoms with E-state index in [2.05, 4.69) is 20.9 Å². The molecule has 0 atom stereocenters. The standard InChI is InChI=1S/C22H28ClN5O/c1-17-15-20(26-9-3-2-4-10-26)25-22(24-17)28-13-11-27(12-14-28)21(29)16-18-5-7-19(23)8-6-18/h5-8,15H,2-4,9-14,16H2,1H3. The van der Waals surface area contributed by atoms with Crippen LogP contribution in [0.1, 0.15) is 30.5 Å². The number of amides is 1.